The second-order valence-corrected chi connectivity index (χ2v) is 12.0. The van der Waals surface area contributed by atoms with Gasteiger partial charge in [-0.05, 0) is 83.8 Å². The molecule has 1 unspecified atom stereocenters. The summed E-state index contributed by atoms with van der Waals surface area (Å²) in [6, 6.07) is 26.4. The summed E-state index contributed by atoms with van der Waals surface area (Å²) >= 11 is 0. The molecule has 0 fully saturated rings. The van der Waals surface area contributed by atoms with Crippen LogP contribution in [0.4, 0.5) is 29.1 Å². The van der Waals surface area contributed by atoms with E-state index >= 15 is 0 Å². The van der Waals surface area contributed by atoms with Gasteiger partial charge in [0.2, 0.25) is 0 Å². The molecule has 1 atom stereocenters. The predicted octanol–water partition coefficient (Wildman–Crippen LogP) is 8.65. The molecule has 0 spiro atoms. The summed E-state index contributed by atoms with van der Waals surface area (Å²) in [5.74, 6) is 0.601. The summed E-state index contributed by atoms with van der Waals surface area (Å²) < 4.78 is 72.0. The molecular formula is C40H34F4N4O4. The van der Waals surface area contributed by atoms with Gasteiger partial charge in [0.15, 0.2) is 17.6 Å². The van der Waals surface area contributed by atoms with E-state index in [1.807, 2.05) is 25.1 Å². The number of rotatable bonds is 10. The first-order valence-corrected chi connectivity index (χ1v) is 16.1. The molecule has 0 aliphatic carbocycles. The van der Waals surface area contributed by atoms with E-state index in [-0.39, 0.29) is 11.1 Å². The maximum atomic E-state index is 14.0. The van der Waals surface area contributed by atoms with E-state index in [0.717, 1.165) is 33.4 Å². The van der Waals surface area contributed by atoms with Crippen LogP contribution in [-0.2, 0) is 4.79 Å². The molecule has 52 heavy (non-hydrogen) atoms. The second-order valence-electron chi connectivity index (χ2n) is 12.0. The van der Waals surface area contributed by atoms with Crippen LogP contribution in [0.2, 0.25) is 0 Å². The third-order valence-electron chi connectivity index (χ3n) is 8.38. The lowest BCUT2D eigenvalue weighted by atomic mass is 9.92. The number of alkyl halides is 3. The number of nitrogen functional groups attached to an aromatic ring is 1. The minimum absolute atomic E-state index is 0.0901. The summed E-state index contributed by atoms with van der Waals surface area (Å²) in [5, 5.41) is 2.83. The average Bonchev–Trinajstić information content (AvgIpc) is 3.12. The van der Waals surface area contributed by atoms with Crippen LogP contribution < -0.4 is 25.3 Å². The Bertz CT molecular complexity index is 2150. The van der Waals surface area contributed by atoms with Crippen molar-refractivity contribution < 1.29 is 36.6 Å². The SMILES string of the molecule is COc1ccc(-c2cnc(N)c(-c3ccc(NC(=O)C4=CN(CC(F)(F)F)C=C(c5ccc(F)cc5)C4Oc4ccccc4)cc3C)c2)cc1OC. The van der Waals surface area contributed by atoms with Gasteiger partial charge in [-0.15, -0.1) is 0 Å². The molecule has 4 aromatic carbocycles. The lowest BCUT2D eigenvalue weighted by molar-refractivity contribution is -0.136. The van der Waals surface area contributed by atoms with Crippen molar-refractivity contribution in [3.05, 3.63) is 138 Å². The maximum absolute atomic E-state index is 14.0. The van der Waals surface area contributed by atoms with E-state index in [1.165, 1.54) is 30.5 Å². The molecule has 1 amide bonds. The number of aryl methyl sites for hydroxylation is 1. The number of para-hydroxylation sites is 1. The smallest absolute Gasteiger partial charge is 0.406 e. The number of carbonyl (C=O) groups excluding carboxylic acids is 1. The summed E-state index contributed by atoms with van der Waals surface area (Å²) in [5.41, 5.74) is 11.0. The van der Waals surface area contributed by atoms with Gasteiger partial charge in [0.05, 0.1) is 19.8 Å². The van der Waals surface area contributed by atoms with Crippen LogP contribution in [0.15, 0.2) is 121 Å². The number of carbonyl (C=O) groups is 1. The molecule has 0 bridgehead atoms. The van der Waals surface area contributed by atoms with Gasteiger partial charge >= 0.3 is 6.18 Å². The molecule has 1 aliphatic rings. The molecular weight excluding hydrogens is 676 g/mol. The number of nitrogens with one attached hydrogen (secondary N) is 1. The van der Waals surface area contributed by atoms with Crippen LogP contribution in [0.25, 0.3) is 27.8 Å². The fourth-order valence-corrected chi connectivity index (χ4v) is 5.92. The molecule has 1 aliphatic heterocycles. The van der Waals surface area contributed by atoms with E-state index in [2.05, 4.69) is 10.3 Å². The standard InChI is InChI=1S/C40H34F4N4O4/c1-24-17-29(14-15-31(24)32-18-27(20-46-38(32)45)26-11-16-35(50-2)36(19-26)51-3)47-39(49)34-22-48(23-40(42,43)44)21-33(25-9-12-28(41)13-10-25)37(34)52-30-7-5-4-6-8-30/h4-22,37H,23H2,1-3H3,(H2,45,46)(H,47,49). The van der Waals surface area contributed by atoms with Gasteiger partial charge in [-0.3, -0.25) is 4.79 Å². The Balaban J connectivity index is 1.33. The third kappa shape index (κ3) is 8.02. The van der Waals surface area contributed by atoms with Crippen molar-refractivity contribution >= 4 is 23.0 Å². The zero-order valence-corrected chi connectivity index (χ0v) is 28.4. The predicted molar refractivity (Wildman–Crippen MR) is 192 cm³/mol. The van der Waals surface area contributed by atoms with Crippen LogP contribution in [0.5, 0.6) is 17.2 Å². The van der Waals surface area contributed by atoms with Gasteiger partial charge in [0.25, 0.3) is 5.91 Å². The Morgan fingerprint density at radius 1 is 0.846 bits per heavy atom. The maximum Gasteiger partial charge on any atom is 0.406 e. The van der Waals surface area contributed by atoms with Crippen molar-refractivity contribution in [1.29, 1.82) is 0 Å². The highest BCUT2D eigenvalue weighted by atomic mass is 19.4. The highest BCUT2D eigenvalue weighted by Crippen LogP contribution is 2.37. The van der Waals surface area contributed by atoms with E-state index in [4.69, 9.17) is 19.9 Å². The first-order valence-electron chi connectivity index (χ1n) is 16.1. The van der Waals surface area contributed by atoms with E-state index in [0.29, 0.717) is 39.9 Å². The number of hydrogen-bond donors (Lipinski definition) is 2. The molecule has 2 heterocycles. The van der Waals surface area contributed by atoms with Crippen molar-refractivity contribution in [3.63, 3.8) is 0 Å². The van der Waals surface area contributed by atoms with Crippen LogP contribution in [0, 0.1) is 12.7 Å². The molecule has 0 radical (unpaired) electrons. The molecule has 8 nitrogen and oxygen atoms in total. The van der Waals surface area contributed by atoms with Gasteiger partial charge in [0, 0.05) is 41.0 Å². The number of nitrogens with zero attached hydrogens (tertiary/aromatic N) is 2. The molecule has 0 saturated carbocycles. The molecule has 3 N–H and O–H groups in total. The van der Waals surface area contributed by atoms with Crippen LogP contribution in [-0.4, -0.2) is 48.8 Å². The Labute approximate surface area is 297 Å². The normalized spacial score (nSPS) is 14.3. The first-order chi connectivity index (χ1) is 24.9. The van der Waals surface area contributed by atoms with Crippen molar-refractivity contribution in [3.8, 4) is 39.5 Å². The largest absolute Gasteiger partial charge is 0.493 e. The molecule has 266 valence electrons. The number of nitrogens with two attached hydrogens (primary N) is 1. The lowest BCUT2D eigenvalue weighted by Crippen LogP contribution is -2.37. The molecule has 12 heteroatoms. The summed E-state index contributed by atoms with van der Waals surface area (Å²) in [7, 11) is 3.11. The van der Waals surface area contributed by atoms with Crippen LogP contribution in [0.3, 0.4) is 0 Å². The monoisotopic (exact) mass is 710 g/mol. The number of methoxy groups -OCH3 is 2. The van der Waals surface area contributed by atoms with Crippen molar-refractivity contribution in [2.45, 2.75) is 19.2 Å². The minimum Gasteiger partial charge on any atom is -0.493 e. The van der Waals surface area contributed by atoms with E-state index in [9.17, 15) is 22.4 Å². The number of ether oxygens (including phenoxy) is 3. The zero-order chi connectivity index (χ0) is 37.0. The molecule has 5 aromatic rings. The highest BCUT2D eigenvalue weighted by Gasteiger charge is 2.36. The number of halogens is 4. The molecule has 6 rings (SSSR count). The number of hydrogen-bond acceptors (Lipinski definition) is 7. The van der Waals surface area contributed by atoms with Gasteiger partial charge < -0.3 is 30.2 Å². The fraction of sp³-hybridized carbons (Fsp3) is 0.150. The van der Waals surface area contributed by atoms with E-state index < -0.39 is 30.5 Å². The number of amides is 1. The fourth-order valence-electron chi connectivity index (χ4n) is 5.92. The third-order valence-corrected chi connectivity index (χ3v) is 8.38. The zero-order valence-electron chi connectivity index (χ0n) is 28.4. The van der Waals surface area contributed by atoms with Crippen molar-refractivity contribution in [1.82, 2.24) is 9.88 Å². The summed E-state index contributed by atoms with van der Waals surface area (Å²) in [4.78, 5) is 19.3. The van der Waals surface area contributed by atoms with Crippen molar-refractivity contribution in [2.24, 2.45) is 0 Å². The average molecular weight is 711 g/mol. The van der Waals surface area contributed by atoms with Gasteiger partial charge in [0.1, 0.15) is 23.9 Å². The quantitative estimate of drug-likeness (QED) is 0.140. The molecule has 1 aromatic heterocycles. The van der Waals surface area contributed by atoms with E-state index in [1.54, 1.807) is 75.0 Å². The minimum atomic E-state index is -4.59. The van der Waals surface area contributed by atoms with Gasteiger partial charge in [-0.25, -0.2) is 9.37 Å². The number of pyridine rings is 1. The molecule has 0 saturated heterocycles. The highest BCUT2D eigenvalue weighted by molar-refractivity contribution is 6.07. The number of benzene rings is 4. The van der Waals surface area contributed by atoms with Crippen molar-refractivity contribution in [2.75, 3.05) is 31.8 Å². The van der Waals surface area contributed by atoms with Gasteiger partial charge in [-0.2, -0.15) is 13.2 Å². The topological polar surface area (TPSA) is 98.9 Å². The Morgan fingerprint density at radius 3 is 2.23 bits per heavy atom. The summed E-state index contributed by atoms with van der Waals surface area (Å²) in [6.45, 7) is 0.479. The number of anilines is 2. The number of aromatic nitrogens is 1. The Kier molecular flexibility index (Phi) is 10.2. The second kappa shape index (κ2) is 14.9. The lowest BCUT2D eigenvalue weighted by Gasteiger charge is -2.32. The Hall–Kier alpha value is -6.30. The van der Waals surface area contributed by atoms with Crippen LogP contribution in [0.1, 0.15) is 11.1 Å². The Morgan fingerprint density at radius 2 is 1.56 bits per heavy atom. The first kappa shape index (κ1) is 35.5. The van der Waals surface area contributed by atoms with Gasteiger partial charge in [-0.1, -0.05) is 42.5 Å². The van der Waals surface area contributed by atoms with Crippen LogP contribution >= 0.6 is 0 Å². The summed E-state index contributed by atoms with van der Waals surface area (Å²) in [6.07, 6.45) is -1.68.